The molecule has 3 fully saturated rings. The molecule has 3 aliphatic rings. The number of carboxylic acid groups (broad SMARTS) is 1. The standard InChI is InChI=1S/C37H49N5O9/c1-3-4-19-51-37(50)41-30(25-11-7-5-8-12-25)35(47)42(2)28(21-24-17-18-24)33(45)39-27(20-23-15-16-23)32(44)34(46)38-22-29(43)40-31(36(48)49)26-13-9-6-10-14-26/h6,9-10,13-14,23-25,27-28,30-31H,5,7-8,11-12,15-22H2,1-2H3,(H,38,46)(H,39,45)(H,40,43)(H,41,50)(H,48,49)/t27?,28-,30?,31?/m0/s1. The summed E-state index contributed by atoms with van der Waals surface area (Å²) < 4.78 is 5.14. The highest BCUT2D eigenvalue weighted by atomic mass is 16.5. The van der Waals surface area contributed by atoms with E-state index < -0.39 is 72.2 Å². The normalized spacial score (nSPS) is 17.9. The molecule has 5 amide bonds. The molecule has 0 aliphatic heterocycles. The van der Waals surface area contributed by atoms with E-state index in [2.05, 4.69) is 33.1 Å². The molecule has 14 nitrogen and oxygen atoms in total. The Morgan fingerprint density at radius 1 is 0.882 bits per heavy atom. The van der Waals surface area contributed by atoms with Crippen molar-refractivity contribution in [2.75, 3.05) is 20.2 Å². The number of hydrogen-bond donors (Lipinski definition) is 5. The van der Waals surface area contributed by atoms with Crippen molar-refractivity contribution in [2.45, 2.75) is 102 Å². The van der Waals surface area contributed by atoms with Crippen LogP contribution >= 0.6 is 0 Å². The first kappa shape index (κ1) is 38.9. The number of likely N-dealkylation sites (N-methyl/N-ethyl adjacent to an activating group) is 1. The van der Waals surface area contributed by atoms with Gasteiger partial charge in [0.15, 0.2) is 12.6 Å². The van der Waals surface area contributed by atoms with Gasteiger partial charge in [0.25, 0.3) is 5.91 Å². The van der Waals surface area contributed by atoms with Gasteiger partial charge in [-0.1, -0.05) is 81.2 Å². The number of ketones is 1. The number of nitrogens with one attached hydrogen (secondary N) is 4. The third kappa shape index (κ3) is 12.1. The first-order valence-corrected chi connectivity index (χ1v) is 17.8. The molecule has 4 atom stereocenters. The number of hydrogen-bond acceptors (Lipinski definition) is 8. The summed E-state index contributed by atoms with van der Waals surface area (Å²) in [5, 5.41) is 19.6. The van der Waals surface area contributed by atoms with E-state index in [1.807, 2.05) is 0 Å². The topological polar surface area (TPSA) is 200 Å². The SMILES string of the molecule is CC#CCOC(=O)NC(C(=O)N(C)[C@@H](CC1CC1)C(=O)NC(CC1CC1)C(=O)C(=O)NCC(=O)NC(C(=O)O)c1ccccc1)C1CCCCC1. The van der Waals surface area contributed by atoms with E-state index in [9.17, 15) is 38.7 Å². The average Bonchev–Trinajstić information content (AvgIpc) is 4.07. The number of carboxylic acids is 1. The van der Waals surface area contributed by atoms with Gasteiger partial charge in [0.05, 0.1) is 12.6 Å². The second kappa shape index (κ2) is 18.9. The van der Waals surface area contributed by atoms with Crippen LogP contribution in [0.5, 0.6) is 0 Å². The van der Waals surface area contributed by atoms with Gasteiger partial charge in [-0.15, -0.1) is 5.92 Å². The highest BCUT2D eigenvalue weighted by Crippen LogP contribution is 2.36. The molecule has 3 aliphatic carbocycles. The molecule has 5 N–H and O–H groups in total. The van der Waals surface area contributed by atoms with Gasteiger partial charge in [-0.3, -0.25) is 24.0 Å². The quantitative estimate of drug-likeness (QED) is 0.112. The molecule has 0 heterocycles. The third-order valence-electron chi connectivity index (χ3n) is 9.70. The van der Waals surface area contributed by atoms with Crippen LogP contribution in [0.4, 0.5) is 4.79 Å². The molecular weight excluding hydrogens is 658 g/mol. The minimum absolute atomic E-state index is 0.123. The lowest BCUT2D eigenvalue weighted by Gasteiger charge is -2.35. The van der Waals surface area contributed by atoms with Gasteiger partial charge in [-0.25, -0.2) is 9.59 Å². The lowest BCUT2D eigenvalue weighted by molar-refractivity contribution is -0.144. The lowest BCUT2D eigenvalue weighted by atomic mass is 9.83. The first-order chi connectivity index (χ1) is 24.5. The molecule has 0 aromatic heterocycles. The molecule has 0 radical (unpaired) electrons. The van der Waals surface area contributed by atoms with E-state index in [-0.39, 0.29) is 30.8 Å². The molecule has 276 valence electrons. The summed E-state index contributed by atoms with van der Waals surface area (Å²) in [4.78, 5) is 92.7. The zero-order valence-corrected chi connectivity index (χ0v) is 29.3. The van der Waals surface area contributed by atoms with E-state index in [0.717, 1.165) is 57.8 Å². The van der Waals surface area contributed by atoms with Crippen LogP contribution in [0.2, 0.25) is 0 Å². The number of rotatable bonds is 18. The van der Waals surface area contributed by atoms with Crippen LogP contribution in [-0.4, -0.2) is 89.8 Å². The zero-order chi connectivity index (χ0) is 36.9. The van der Waals surface area contributed by atoms with Gasteiger partial charge in [0.2, 0.25) is 23.5 Å². The third-order valence-corrected chi connectivity index (χ3v) is 9.70. The first-order valence-electron chi connectivity index (χ1n) is 17.8. The maximum atomic E-state index is 14.1. The molecular formula is C37H49N5O9. The van der Waals surface area contributed by atoms with E-state index in [1.54, 1.807) is 37.3 Å². The highest BCUT2D eigenvalue weighted by Gasteiger charge is 2.41. The van der Waals surface area contributed by atoms with Crippen LogP contribution in [0, 0.1) is 29.6 Å². The fraction of sp³-hybridized carbons (Fsp3) is 0.595. The maximum Gasteiger partial charge on any atom is 0.408 e. The van der Waals surface area contributed by atoms with Crippen molar-refractivity contribution in [1.29, 1.82) is 0 Å². The molecule has 0 spiro atoms. The van der Waals surface area contributed by atoms with E-state index in [1.165, 1.54) is 11.9 Å². The largest absolute Gasteiger partial charge is 0.479 e. The van der Waals surface area contributed by atoms with Crippen LogP contribution in [0.25, 0.3) is 0 Å². The molecule has 14 heteroatoms. The van der Waals surface area contributed by atoms with Gasteiger partial charge < -0.3 is 36.0 Å². The van der Waals surface area contributed by atoms with Crippen molar-refractivity contribution >= 4 is 41.5 Å². The molecule has 1 aromatic carbocycles. The number of benzene rings is 1. The predicted molar refractivity (Wildman–Crippen MR) is 184 cm³/mol. The van der Waals surface area contributed by atoms with Crippen molar-refractivity contribution in [3.63, 3.8) is 0 Å². The van der Waals surface area contributed by atoms with Crippen molar-refractivity contribution in [3.8, 4) is 11.8 Å². The highest BCUT2D eigenvalue weighted by molar-refractivity contribution is 6.38. The summed E-state index contributed by atoms with van der Waals surface area (Å²) in [6.45, 7) is 0.840. The Kier molecular flexibility index (Phi) is 14.4. The summed E-state index contributed by atoms with van der Waals surface area (Å²) in [5.41, 5.74) is 0.333. The summed E-state index contributed by atoms with van der Waals surface area (Å²) in [5.74, 6) is 0.304. The summed E-state index contributed by atoms with van der Waals surface area (Å²) in [6.07, 6.45) is 7.54. The van der Waals surface area contributed by atoms with Gasteiger partial charge in [0, 0.05) is 7.05 Å². The average molecular weight is 708 g/mol. The minimum atomic E-state index is -1.36. The number of amides is 5. The number of carbonyl (C=O) groups excluding carboxylic acids is 6. The Morgan fingerprint density at radius 2 is 1.53 bits per heavy atom. The smallest absolute Gasteiger partial charge is 0.408 e. The fourth-order valence-corrected chi connectivity index (χ4v) is 6.41. The Morgan fingerprint density at radius 3 is 2.14 bits per heavy atom. The summed E-state index contributed by atoms with van der Waals surface area (Å²) in [7, 11) is 1.52. The summed E-state index contributed by atoms with van der Waals surface area (Å²) >= 11 is 0. The Labute approximate surface area is 298 Å². The number of nitrogens with zero attached hydrogens (tertiary/aromatic N) is 1. The molecule has 1 aromatic rings. The van der Waals surface area contributed by atoms with Gasteiger partial charge in [-0.2, -0.15) is 0 Å². The van der Waals surface area contributed by atoms with Crippen LogP contribution < -0.4 is 21.3 Å². The summed E-state index contributed by atoms with van der Waals surface area (Å²) in [6, 6.07) is 3.60. The molecule has 0 saturated heterocycles. The molecule has 4 rings (SSSR count). The molecule has 3 unspecified atom stereocenters. The van der Waals surface area contributed by atoms with Crippen LogP contribution in [0.1, 0.15) is 89.2 Å². The van der Waals surface area contributed by atoms with Gasteiger partial charge >= 0.3 is 12.1 Å². The monoisotopic (exact) mass is 707 g/mol. The molecule has 51 heavy (non-hydrogen) atoms. The number of carbonyl (C=O) groups is 7. The second-order valence-corrected chi connectivity index (χ2v) is 13.7. The Hall–Kier alpha value is -4.93. The van der Waals surface area contributed by atoms with Crippen molar-refractivity contribution in [2.24, 2.45) is 17.8 Å². The number of aliphatic carboxylic acids is 1. The van der Waals surface area contributed by atoms with Crippen LogP contribution in [-0.2, 0) is 33.5 Å². The number of alkyl carbamates (subject to hydrolysis) is 1. The van der Waals surface area contributed by atoms with Gasteiger partial charge in [-0.05, 0) is 55.9 Å². The maximum absolute atomic E-state index is 14.1. The Balaban J connectivity index is 1.42. The van der Waals surface area contributed by atoms with Crippen molar-refractivity contribution in [3.05, 3.63) is 35.9 Å². The van der Waals surface area contributed by atoms with Gasteiger partial charge in [0.1, 0.15) is 12.1 Å². The van der Waals surface area contributed by atoms with E-state index in [4.69, 9.17) is 4.74 Å². The van der Waals surface area contributed by atoms with Crippen molar-refractivity contribution in [1.82, 2.24) is 26.2 Å². The molecule has 3 saturated carbocycles. The number of ether oxygens (including phenoxy) is 1. The van der Waals surface area contributed by atoms with Crippen LogP contribution in [0.3, 0.4) is 0 Å². The second-order valence-electron chi connectivity index (χ2n) is 13.7. The Bertz CT molecular complexity index is 1490. The fourth-order valence-electron chi connectivity index (χ4n) is 6.41. The minimum Gasteiger partial charge on any atom is -0.479 e. The number of Topliss-reactive ketones (excluding diaryl/α,β-unsaturated/α-hetero) is 1. The predicted octanol–water partition coefficient (Wildman–Crippen LogP) is 2.22. The molecule has 0 bridgehead atoms. The van der Waals surface area contributed by atoms with Crippen LogP contribution in [0.15, 0.2) is 30.3 Å². The van der Waals surface area contributed by atoms with Crippen molar-refractivity contribution < 1.29 is 43.4 Å². The lowest BCUT2D eigenvalue weighted by Crippen LogP contribution is -2.59. The zero-order valence-electron chi connectivity index (χ0n) is 29.3. The van der Waals surface area contributed by atoms with E-state index in [0.29, 0.717) is 12.0 Å². The van der Waals surface area contributed by atoms with E-state index >= 15 is 0 Å².